The fourth-order valence-electron chi connectivity index (χ4n) is 1.37. The summed E-state index contributed by atoms with van der Waals surface area (Å²) in [7, 11) is 1.16. The number of thiazole rings is 1. The maximum Gasteiger partial charge on any atom is 0.364 e. The van der Waals surface area contributed by atoms with E-state index in [1.165, 1.54) is 17.5 Å². The molecule has 0 aliphatic rings. The first-order valence-corrected chi connectivity index (χ1v) is 7.24. The summed E-state index contributed by atoms with van der Waals surface area (Å²) in [6.07, 6.45) is 1.53. The lowest BCUT2D eigenvalue weighted by atomic mass is 10.3. The van der Waals surface area contributed by atoms with Crippen molar-refractivity contribution < 1.29 is 14.3 Å². The highest BCUT2D eigenvalue weighted by atomic mass is 35.5. The van der Waals surface area contributed by atoms with Gasteiger partial charge < -0.3 is 4.74 Å². The number of methoxy groups -OCH3 is 1. The van der Waals surface area contributed by atoms with Crippen LogP contribution >= 0.6 is 22.9 Å². The first-order chi connectivity index (χ1) is 10.6. The lowest BCUT2D eigenvalue weighted by molar-refractivity contribution is -0.133. The summed E-state index contributed by atoms with van der Waals surface area (Å²) in [5.74, 6) is -1.58. The molecule has 0 radical (unpaired) electrons. The SMILES string of the molecule is COC(=O)C(=NNc1ccc(Cl)cc1)C(=O)Nc1nccs1. The van der Waals surface area contributed by atoms with Gasteiger partial charge in [0.05, 0.1) is 12.8 Å². The quantitative estimate of drug-likeness (QED) is 0.378. The molecule has 2 aromatic rings. The van der Waals surface area contributed by atoms with E-state index in [4.69, 9.17) is 11.6 Å². The predicted octanol–water partition coefficient (Wildman–Crippen LogP) is 2.38. The number of nitrogens with one attached hydrogen (secondary N) is 2. The van der Waals surface area contributed by atoms with E-state index in [-0.39, 0.29) is 0 Å². The number of anilines is 2. The third-order valence-electron chi connectivity index (χ3n) is 2.39. The lowest BCUT2D eigenvalue weighted by Gasteiger charge is -2.05. The molecule has 1 aromatic heterocycles. The first kappa shape index (κ1) is 15.9. The Hall–Kier alpha value is -2.45. The molecule has 0 atom stereocenters. The number of esters is 1. The molecule has 0 unspecified atom stereocenters. The molecule has 2 N–H and O–H groups in total. The van der Waals surface area contributed by atoms with Crippen molar-refractivity contribution in [3.63, 3.8) is 0 Å². The minimum atomic E-state index is -0.865. The maximum absolute atomic E-state index is 12.0. The van der Waals surface area contributed by atoms with Crippen LogP contribution in [-0.2, 0) is 14.3 Å². The smallest absolute Gasteiger partial charge is 0.364 e. The second-order valence-electron chi connectivity index (χ2n) is 3.86. The number of benzene rings is 1. The Morgan fingerprint density at radius 3 is 2.64 bits per heavy atom. The number of carbonyl (C=O) groups is 2. The molecular formula is C13H11ClN4O3S. The summed E-state index contributed by atoms with van der Waals surface area (Å²) in [6, 6.07) is 6.60. The molecule has 0 aliphatic heterocycles. The molecule has 0 spiro atoms. The van der Waals surface area contributed by atoms with E-state index in [1.807, 2.05) is 0 Å². The molecule has 0 bridgehead atoms. The highest BCUT2D eigenvalue weighted by molar-refractivity contribution is 7.13. The standard InChI is InChI=1S/C13H11ClN4O3S/c1-21-12(20)10(11(19)16-13-15-6-7-22-13)18-17-9-4-2-8(14)3-5-9/h2-7,17H,1H3,(H,15,16,19). The fraction of sp³-hybridized carbons (Fsp3) is 0.0769. The van der Waals surface area contributed by atoms with Crippen molar-refractivity contribution in [2.45, 2.75) is 0 Å². The van der Waals surface area contributed by atoms with Crippen LogP contribution in [0.2, 0.25) is 5.02 Å². The normalized spacial score (nSPS) is 10.9. The predicted molar refractivity (Wildman–Crippen MR) is 85.3 cm³/mol. The Morgan fingerprint density at radius 2 is 2.05 bits per heavy atom. The van der Waals surface area contributed by atoms with Gasteiger partial charge in [0, 0.05) is 16.6 Å². The van der Waals surface area contributed by atoms with Crippen molar-refractivity contribution in [3.05, 3.63) is 40.9 Å². The third-order valence-corrected chi connectivity index (χ3v) is 3.33. The van der Waals surface area contributed by atoms with E-state index in [0.717, 1.165) is 7.11 Å². The minimum absolute atomic E-state index is 0.355. The highest BCUT2D eigenvalue weighted by Gasteiger charge is 2.22. The topological polar surface area (TPSA) is 92.7 Å². The van der Waals surface area contributed by atoms with E-state index in [2.05, 4.69) is 25.6 Å². The van der Waals surface area contributed by atoms with Crippen molar-refractivity contribution in [2.24, 2.45) is 5.10 Å². The Bertz CT molecular complexity index is 686. The van der Waals surface area contributed by atoms with Gasteiger partial charge in [0.25, 0.3) is 5.91 Å². The van der Waals surface area contributed by atoms with Crippen LogP contribution in [0.25, 0.3) is 0 Å². The third kappa shape index (κ3) is 4.27. The van der Waals surface area contributed by atoms with Gasteiger partial charge in [0.2, 0.25) is 5.71 Å². The Labute approximate surface area is 135 Å². The van der Waals surface area contributed by atoms with Crippen molar-refractivity contribution in [1.82, 2.24) is 4.98 Å². The number of amides is 1. The van der Waals surface area contributed by atoms with E-state index >= 15 is 0 Å². The van der Waals surface area contributed by atoms with Gasteiger partial charge in [-0.3, -0.25) is 15.5 Å². The Balaban J connectivity index is 2.14. The number of hydrogen-bond acceptors (Lipinski definition) is 7. The molecule has 9 heteroatoms. The molecule has 1 aromatic carbocycles. The van der Waals surface area contributed by atoms with Gasteiger partial charge in [0.1, 0.15) is 0 Å². The number of ether oxygens (including phenoxy) is 1. The lowest BCUT2D eigenvalue weighted by Crippen LogP contribution is -2.31. The van der Waals surface area contributed by atoms with Crippen molar-refractivity contribution >= 4 is 51.3 Å². The van der Waals surface area contributed by atoms with Crippen molar-refractivity contribution in [3.8, 4) is 0 Å². The summed E-state index contributed by atoms with van der Waals surface area (Å²) in [4.78, 5) is 27.6. The summed E-state index contributed by atoms with van der Waals surface area (Å²) in [5.41, 5.74) is 2.74. The van der Waals surface area contributed by atoms with E-state index in [1.54, 1.807) is 29.6 Å². The Kier molecular flexibility index (Phi) is 5.45. The molecular weight excluding hydrogens is 328 g/mol. The Morgan fingerprint density at radius 1 is 1.32 bits per heavy atom. The molecule has 0 fully saturated rings. The average Bonchev–Trinajstić information content (AvgIpc) is 3.02. The first-order valence-electron chi connectivity index (χ1n) is 5.98. The van der Waals surface area contributed by atoms with Crippen LogP contribution in [0.4, 0.5) is 10.8 Å². The van der Waals surface area contributed by atoms with Gasteiger partial charge in [-0.1, -0.05) is 11.6 Å². The van der Waals surface area contributed by atoms with Gasteiger partial charge in [-0.05, 0) is 24.3 Å². The number of hydrazone groups is 1. The number of hydrogen-bond donors (Lipinski definition) is 2. The number of carbonyl (C=O) groups excluding carboxylic acids is 2. The maximum atomic E-state index is 12.0. The monoisotopic (exact) mass is 338 g/mol. The molecule has 0 saturated heterocycles. The van der Waals surface area contributed by atoms with Crippen LogP contribution in [0.1, 0.15) is 0 Å². The highest BCUT2D eigenvalue weighted by Crippen LogP contribution is 2.14. The van der Waals surface area contributed by atoms with Crippen LogP contribution in [-0.4, -0.2) is 29.7 Å². The van der Waals surface area contributed by atoms with Crippen LogP contribution in [0.3, 0.4) is 0 Å². The second-order valence-corrected chi connectivity index (χ2v) is 5.19. The van der Waals surface area contributed by atoms with Gasteiger partial charge in [-0.2, -0.15) is 5.10 Å². The summed E-state index contributed by atoms with van der Waals surface area (Å²) < 4.78 is 4.55. The van der Waals surface area contributed by atoms with Crippen molar-refractivity contribution in [2.75, 3.05) is 17.9 Å². The van der Waals surface area contributed by atoms with Gasteiger partial charge in [-0.15, -0.1) is 11.3 Å². The number of halogens is 1. The molecule has 2 rings (SSSR count). The van der Waals surface area contributed by atoms with Gasteiger partial charge >= 0.3 is 5.97 Å². The zero-order valence-corrected chi connectivity index (χ0v) is 12.9. The zero-order valence-electron chi connectivity index (χ0n) is 11.4. The van der Waals surface area contributed by atoms with E-state index in [0.29, 0.717) is 15.8 Å². The van der Waals surface area contributed by atoms with Crippen LogP contribution in [0.5, 0.6) is 0 Å². The molecule has 7 nitrogen and oxygen atoms in total. The van der Waals surface area contributed by atoms with Crippen LogP contribution in [0, 0.1) is 0 Å². The second kappa shape index (κ2) is 7.53. The average molecular weight is 339 g/mol. The molecule has 114 valence electrons. The minimum Gasteiger partial charge on any atom is -0.464 e. The van der Waals surface area contributed by atoms with E-state index < -0.39 is 17.6 Å². The number of rotatable bonds is 5. The van der Waals surface area contributed by atoms with E-state index in [9.17, 15) is 9.59 Å². The summed E-state index contributed by atoms with van der Waals surface area (Å²) in [6.45, 7) is 0. The van der Waals surface area contributed by atoms with Crippen LogP contribution < -0.4 is 10.7 Å². The zero-order chi connectivity index (χ0) is 15.9. The van der Waals surface area contributed by atoms with Gasteiger partial charge in [0.15, 0.2) is 5.13 Å². The number of aromatic nitrogens is 1. The summed E-state index contributed by atoms with van der Waals surface area (Å²) in [5, 5.41) is 8.85. The molecule has 22 heavy (non-hydrogen) atoms. The van der Waals surface area contributed by atoms with Crippen LogP contribution in [0.15, 0.2) is 40.9 Å². The fourth-order valence-corrected chi connectivity index (χ4v) is 2.02. The molecule has 0 saturated carbocycles. The number of nitrogens with zero attached hydrogens (tertiary/aromatic N) is 2. The molecule has 1 amide bonds. The molecule has 0 aliphatic carbocycles. The van der Waals surface area contributed by atoms with Crippen molar-refractivity contribution in [1.29, 1.82) is 0 Å². The molecule has 1 heterocycles. The largest absolute Gasteiger partial charge is 0.464 e. The summed E-state index contributed by atoms with van der Waals surface area (Å²) >= 11 is 6.99. The van der Waals surface area contributed by atoms with Gasteiger partial charge in [-0.25, -0.2) is 9.78 Å².